The summed E-state index contributed by atoms with van der Waals surface area (Å²) in [7, 11) is 0. The summed E-state index contributed by atoms with van der Waals surface area (Å²) in [6.45, 7) is 29.1. The van der Waals surface area contributed by atoms with Crippen LogP contribution in [0.2, 0.25) is 0 Å². The Morgan fingerprint density at radius 2 is 1.74 bits per heavy atom. The van der Waals surface area contributed by atoms with Crippen molar-refractivity contribution >= 4 is 6.08 Å². The fraction of sp³-hybridized carbons (Fsp3) is 0.448. The van der Waals surface area contributed by atoms with E-state index < -0.39 is 5.60 Å². The predicted octanol–water partition coefficient (Wildman–Crippen LogP) is 7.92. The van der Waals surface area contributed by atoms with Crippen LogP contribution in [0.25, 0.3) is 6.08 Å². The first-order chi connectivity index (χ1) is 14.4. The molecule has 0 saturated heterocycles. The van der Waals surface area contributed by atoms with Crippen LogP contribution in [-0.4, -0.2) is 17.3 Å². The molecule has 1 aromatic rings. The zero-order valence-corrected chi connectivity index (χ0v) is 21.0. The van der Waals surface area contributed by atoms with E-state index in [1.165, 1.54) is 11.1 Å². The number of ether oxygens (including phenoxy) is 1. The van der Waals surface area contributed by atoms with Gasteiger partial charge >= 0.3 is 0 Å². The van der Waals surface area contributed by atoms with Gasteiger partial charge in [0.25, 0.3) is 0 Å². The lowest BCUT2D eigenvalue weighted by molar-refractivity contribution is 0.112. The van der Waals surface area contributed by atoms with Crippen molar-refractivity contribution in [3.8, 4) is 0 Å². The first-order valence-corrected chi connectivity index (χ1v) is 11.3. The number of aliphatic hydroxyl groups is 1. The third kappa shape index (κ3) is 6.33. The number of allylic oxidation sites excluding steroid dienone is 4. The van der Waals surface area contributed by atoms with Gasteiger partial charge in [-0.25, -0.2) is 0 Å². The molecule has 0 aliphatic carbocycles. The molecule has 0 aromatic heterocycles. The van der Waals surface area contributed by atoms with Gasteiger partial charge in [-0.2, -0.15) is 0 Å². The number of aryl methyl sites for hydroxylation is 1. The molecule has 1 unspecified atom stereocenters. The molecular weight excluding hydrogens is 380 g/mol. The molecule has 1 atom stereocenters. The van der Waals surface area contributed by atoms with Crippen molar-refractivity contribution in [1.29, 1.82) is 0 Å². The smallest absolute Gasteiger partial charge is 0.116 e. The normalized spacial score (nSPS) is 14.4. The molecule has 2 heteroatoms. The molecule has 0 heterocycles. The summed E-state index contributed by atoms with van der Waals surface area (Å²) in [4.78, 5) is 0. The van der Waals surface area contributed by atoms with Crippen LogP contribution in [0.4, 0.5) is 0 Å². The topological polar surface area (TPSA) is 29.5 Å². The minimum atomic E-state index is -1.01. The van der Waals surface area contributed by atoms with Crippen LogP contribution in [0, 0.1) is 0 Å². The molecule has 0 fully saturated rings. The van der Waals surface area contributed by atoms with Gasteiger partial charge in [0.05, 0.1) is 12.2 Å². The van der Waals surface area contributed by atoms with Crippen molar-refractivity contribution in [2.75, 3.05) is 6.61 Å². The Kier molecular flexibility index (Phi) is 9.77. The van der Waals surface area contributed by atoms with Gasteiger partial charge in [-0.3, -0.25) is 0 Å². The molecule has 0 radical (unpaired) electrons. The first-order valence-electron chi connectivity index (χ1n) is 11.3. The Labute approximate surface area is 190 Å². The van der Waals surface area contributed by atoms with E-state index in [9.17, 15) is 5.11 Å². The van der Waals surface area contributed by atoms with Crippen LogP contribution in [0.15, 0.2) is 71.6 Å². The van der Waals surface area contributed by atoms with Crippen molar-refractivity contribution in [3.05, 3.63) is 88.3 Å². The Hall–Kier alpha value is -2.32. The third-order valence-electron chi connectivity index (χ3n) is 5.98. The Morgan fingerprint density at radius 1 is 1.13 bits per heavy atom. The lowest BCUT2D eigenvalue weighted by Gasteiger charge is -2.36. The van der Waals surface area contributed by atoms with Crippen molar-refractivity contribution in [1.82, 2.24) is 0 Å². The summed E-state index contributed by atoms with van der Waals surface area (Å²) in [6, 6.07) is 6.45. The molecule has 1 rings (SSSR count). The van der Waals surface area contributed by atoms with Gasteiger partial charge in [-0.15, -0.1) is 0 Å². The van der Waals surface area contributed by atoms with E-state index >= 15 is 0 Å². The van der Waals surface area contributed by atoms with Gasteiger partial charge in [0.15, 0.2) is 0 Å². The van der Waals surface area contributed by atoms with Gasteiger partial charge in [0.1, 0.15) is 5.76 Å². The fourth-order valence-electron chi connectivity index (χ4n) is 4.18. The molecule has 1 N–H and O–H groups in total. The number of hydrogen-bond donors (Lipinski definition) is 1. The summed E-state index contributed by atoms with van der Waals surface area (Å²) in [5.74, 6) is 0.443. The maximum atomic E-state index is 11.4. The van der Waals surface area contributed by atoms with Crippen LogP contribution in [0.5, 0.6) is 0 Å². The average molecular weight is 423 g/mol. The maximum absolute atomic E-state index is 11.4. The third-order valence-corrected chi connectivity index (χ3v) is 5.98. The molecule has 1 aromatic carbocycles. The highest BCUT2D eigenvalue weighted by Gasteiger charge is 2.35. The minimum Gasteiger partial charge on any atom is -0.494 e. The highest BCUT2D eigenvalue weighted by molar-refractivity contribution is 5.58. The van der Waals surface area contributed by atoms with E-state index in [0.717, 1.165) is 46.3 Å². The molecule has 0 amide bonds. The Balaban J connectivity index is 4.18. The van der Waals surface area contributed by atoms with Crippen LogP contribution in [0.3, 0.4) is 0 Å². The first kappa shape index (κ1) is 26.7. The molecule has 0 bridgehead atoms. The number of hydrogen-bond acceptors (Lipinski definition) is 2. The molecule has 2 nitrogen and oxygen atoms in total. The lowest BCUT2D eigenvalue weighted by Crippen LogP contribution is -2.30. The monoisotopic (exact) mass is 422 g/mol. The van der Waals surface area contributed by atoms with E-state index in [2.05, 4.69) is 65.6 Å². The molecule has 0 saturated carbocycles. The molecule has 0 aliphatic heterocycles. The van der Waals surface area contributed by atoms with Crippen molar-refractivity contribution in [3.63, 3.8) is 0 Å². The van der Waals surface area contributed by atoms with E-state index in [-0.39, 0.29) is 5.92 Å². The second-order valence-electron chi connectivity index (χ2n) is 8.73. The van der Waals surface area contributed by atoms with Gasteiger partial charge in [0.2, 0.25) is 0 Å². The largest absolute Gasteiger partial charge is 0.494 e. The summed E-state index contributed by atoms with van der Waals surface area (Å²) in [5.41, 5.74) is 7.62. The minimum absolute atomic E-state index is 0.190. The molecule has 31 heavy (non-hydrogen) atoms. The molecule has 0 spiro atoms. The zero-order valence-electron chi connectivity index (χ0n) is 21.0. The SMILES string of the molecule is C=Cc1ccc(C(/C(C(=C)OCC)=C(\C)C(=C)C)/C(=C(/C)CC)C(C)(C)O)c(CC)c1. The van der Waals surface area contributed by atoms with Gasteiger partial charge in [-0.05, 0) is 82.2 Å². The van der Waals surface area contributed by atoms with E-state index in [1.54, 1.807) is 0 Å². The highest BCUT2D eigenvalue weighted by Crippen LogP contribution is 2.46. The fourth-order valence-corrected chi connectivity index (χ4v) is 4.18. The van der Waals surface area contributed by atoms with Crippen LogP contribution < -0.4 is 0 Å². The quantitative estimate of drug-likeness (QED) is 0.223. The van der Waals surface area contributed by atoms with Gasteiger partial charge < -0.3 is 9.84 Å². The summed E-state index contributed by atoms with van der Waals surface area (Å²) in [6.07, 6.45) is 3.60. The van der Waals surface area contributed by atoms with Crippen molar-refractivity contribution in [2.24, 2.45) is 0 Å². The molecule has 170 valence electrons. The summed E-state index contributed by atoms with van der Waals surface area (Å²) in [5, 5.41) is 11.4. The summed E-state index contributed by atoms with van der Waals surface area (Å²) < 4.78 is 5.96. The standard InChI is InChI=1S/C29H42O2/c1-12-20(7)28(29(10,11)30)27(25-17-16-23(13-2)18-24(25)14-3)26(21(8)19(5)6)22(9)31-15-4/h13,16-18,27,30H,2,5,9,12,14-15H2,1,3-4,6-8,10-11H3/b26-21+,28-20+. The number of rotatable bonds is 11. The molecule has 0 aliphatic rings. The second-order valence-corrected chi connectivity index (χ2v) is 8.73. The second kappa shape index (κ2) is 11.3. The van der Waals surface area contributed by atoms with Crippen LogP contribution in [0.1, 0.15) is 84.4 Å². The Morgan fingerprint density at radius 3 is 2.16 bits per heavy atom. The van der Waals surface area contributed by atoms with Gasteiger partial charge in [0, 0.05) is 11.5 Å². The average Bonchev–Trinajstić information content (AvgIpc) is 2.71. The van der Waals surface area contributed by atoms with E-state index in [0.29, 0.717) is 12.4 Å². The van der Waals surface area contributed by atoms with E-state index in [4.69, 9.17) is 4.74 Å². The zero-order chi connectivity index (χ0) is 23.9. The Bertz CT molecular complexity index is 888. The molecular formula is C29H42O2. The van der Waals surface area contributed by atoms with E-state index in [1.807, 2.05) is 33.8 Å². The predicted molar refractivity (Wildman–Crippen MR) is 136 cm³/mol. The highest BCUT2D eigenvalue weighted by atomic mass is 16.5. The van der Waals surface area contributed by atoms with Crippen LogP contribution in [-0.2, 0) is 11.2 Å². The summed E-state index contributed by atoms with van der Waals surface area (Å²) >= 11 is 0. The van der Waals surface area contributed by atoms with Gasteiger partial charge in [-0.1, -0.05) is 69.0 Å². The number of benzene rings is 1. The maximum Gasteiger partial charge on any atom is 0.116 e. The van der Waals surface area contributed by atoms with Crippen molar-refractivity contribution < 1.29 is 9.84 Å². The van der Waals surface area contributed by atoms with Crippen LogP contribution >= 0.6 is 0 Å². The van der Waals surface area contributed by atoms with Crippen molar-refractivity contribution in [2.45, 2.75) is 79.8 Å². The lowest BCUT2D eigenvalue weighted by atomic mass is 9.71.